The van der Waals surface area contributed by atoms with Crippen molar-refractivity contribution in [3.05, 3.63) is 66.3 Å². The Hall–Kier alpha value is -1.90. The molecule has 0 radical (unpaired) electrons. The first-order valence-corrected chi connectivity index (χ1v) is 8.83. The minimum absolute atomic E-state index is 0.141. The molecule has 4 nitrogen and oxygen atoms in total. The van der Waals surface area contributed by atoms with Crippen LogP contribution in [-0.4, -0.2) is 25.8 Å². The predicted molar refractivity (Wildman–Crippen MR) is 89.9 cm³/mol. The van der Waals surface area contributed by atoms with Crippen LogP contribution in [0.1, 0.15) is 6.42 Å². The minimum atomic E-state index is -0.909. The highest BCUT2D eigenvalue weighted by atomic mass is 31.2. The quantitative estimate of drug-likeness (QED) is 0.617. The smallest absolute Gasteiger partial charge is 0.320 e. The number of hydrogen-bond donors (Lipinski definition) is 1. The number of nitrogens with one attached hydrogen (secondary N) is 1. The second kappa shape index (κ2) is 9.19. The maximum absolute atomic E-state index is 11.7. The molecule has 0 aliphatic heterocycles. The summed E-state index contributed by atoms with van der Waals surface area (Å²) in [6.07, 6.45) is 10.9. The molecule has 0 heterocycles. The normalized spacial score (nSPS) is 14.9. The summed E-state index contributed by atoms with van der Waals surface area (Å²) in [5.74, 6) is 0.506. The van der Waals surface area contributed by atoms with Gasteiger partial charge in [0.05, 0.1) is 0 Å². The van der Waals surface area contributed by atoms with Gasteiger partial charge in [0.1, 0.15) is 18.9 Å². The summed E-state index contributed by atoms with van der Waals surface area (Å²) in [6.45, 7) is 2.35. The Labute approximate surface area is 132 Å². The second-order valence-corrected chi connectivity index (χ2v) is 6.20. The summed E-state index contributed by atoms with van der Waals surface area (Å²) >= 11 is 0. The molecule has 0 spiro atoms. The highest BCUT2D eigenvalue weighted by Gasteiger charge is 2.09. The van der Waals surface area contributed by atoms with Gasteiger partial charge in [-0.2, -0.15) is 0 Å². The van der Waals surface area contributed by atoms with Gasteiger partial charge < -0.3 is 9.26 Å². The highest BCUT2D eigenvalue weighted by molar-refractivity contribution is 7.49. The third-order valence-electron chi connectivity index (χ3n) is 2.88. The van der Waals surface area contributed by atoms with Gasteiger partial charge in [-0.1, -0.05) is 48.6 Å². The largest absolute Gasteiger partial charge is 0.460 e. The number of benzene rings is 1. The highest BCUT2D eigenvalue weighted by Crippen LogP contribution is 2.29. The van der Waals surface area contributed by atoms with Gasteiger partial charge in [-0.15, -0.1) is 0 Å². The Balaban J connectivity index is 1.67. The molecule has 5 heteroatoms. The molecule has 1 aliphatic carbocycles. The van der Waals surface area contributed by atoms with Crippen LogP contribution in [0.3, 0.4) is 0 Å². The lowest BCUT2D eigenvalue weighted by molar-refractivity contribution is -0.141. The van der Waals surface area contributed by atoms with Crippen molar-refractivity contribution in [2.45, 2.75) is 6.42 Å². The standard InChI is InChI=1S/C17H20NO3P/c1-22(21-16-11-7-4-8-12-16)18-13-17(19)20-14-15-9-5-2-3-6-10-15/h2,4-12,18H,3,13-14H2,1H3. The van der Waals surface area contributed by atoms with Gasteiger partial charge in [0.25, 0.3) is 0 Å². The zero-order valence-electron chi connectivity index (χ0n) is 12.6. The van der Waals surface area contributed by atoms with E-state index < -0.39 is 8.30 Å². The van der Waals surface area contributed by atoms with Gasteiger partial charge in [-0.05, 0) is 24.1 Å². The molecule has 0 aromatic heterocycles. The van der Waals surface area contributed by atoms with E-state index >= 15 is 0 Å². The summed E-state index contributed by atoms with van der Waals surface area (Å²) in [6, 6.07) is 9.53. The van der Waals surface area contributed by atoms with E-state index in [2.05, 4.69) is 11.2 Å². The van der Waals surface area contributed by atoms with Gasteiger partial charge in [0, 0.05) is 6.66 Å². The van der Waals surface area contributed by atoms with E-state index in [-0.39, 0.29) is 12.5 Å². The van der Waals surface area contributed by atoms with Crippen molar-refractivity contribution in [2.75, 3.05) is 19.8 Å². The van der Waals surface area contributed by atoms with Crippen LogP contribution < -0.4 is 9.61 Å². The number of esters is 1. The zero-order valence-corrected chi connectivity index (χ0v) is 13.5. The first kappa shape index (κ1) is 16.5. The molecule has 0 fully saturated rings. The van der Waals surface area contributed by atoms with Crippen molar-refractivity contribution in [3.63, 3.8) is 0 Å². The SMILES string of the molecule is CP(NCC(=O)OCC1=CC=CCC=C1)Oc1ccccc1. The lowest BCUT2D eigenvalue weighted by Crippen LogP contribution is -2.22. The van der Waals surface area contributed by atoms with Gasteiger partial charge in [0.15, 0.2) is 8.30 Å². The van der Waals surface area contributed by atoms with Crippen molar-refractivity contribution in [2.24, 2.45) is 0 Å². The van der Waals surface area contributed by atoms with Crippen molar-refractivity contribution < 1.29 is 14.1 Å². The number of hydrogen-bond acceptors (Lipinski definition) is 4. The number of carbonyl (C=O) groups excluding carboxylic acids is 1. The van der Waals surface area contributed by atoms with Crippen LogP contribution in [0.5, 0.6) is 5.75 Å². The molecule has 0 saturated heterocycles. The molecular formula is C17H20NO3P. The fourth-order valence-corrected chi connectivity index (χ4v) is 2.64. The molecule has 2 rings (SSSR count). The molecule has 1 aromatic carbocycles. The van der Waals surface area contributed by atoms with Gasteiger partial charge >= 0.3 is 5.97 Å². The van der Waals surface area contributed by atoms with Gasteiger partial charge in [-0.25, -0.2) is 0 Å². The molecule has 0 amide bonds. The molecule has 116 valence electrons. The molecule has 22 heavy (non-hydrogen) atoms. The summed E-state index contributed by atoms with van der Waals surface area (Å²) in [5, 5.41) is 3.05. The Kier molecular flexibility index (Phi) is 6.88. The Morgan fingerprint density at radius 3 is 2.91 bits per heavy atom. The van der Waals surface area contributed by atoms with Crippen LogP contribution in [-0.2, 0) is 9.53 Å². The molecule has 1 unspecified atom stereocenters. The Bertz CT molecular complexity index is 567. The van der Waals surface area contributed by atoms with E-state index in [0.29, 0.717) is 6.61 Å². The zero-order chi connectivity index (χ0) is 15.6. The second-order valence-electron chi connectivity index (χ2n) is 4.71. The molecule has 0 bridgehead atoms. The summed E-state index contributed by atoms with van der Waals surface area (Å²) in [5.41, 5.74) is 0.987. The molecule has 1 atom stereocenters. The van der Waals surface area contributed by atoms with Crippen molar-refractivity contribution in [1.29, 1.82) is 0 Å². The number of rotatable bonds is 7. The average Bonchev–Trinajstić information content (AvgIpc) is 2.80. The number of ether oxygens (including phenoxy) is 1. The minimum Gasteiger partial charge on any atom is -0.460 e. The molecule has 0 saturated carbocycles. The van der Waals surface area contributed by atoms with E-state index in [1.54, 1.807) is 0 Å². The Morgan fingerprint density at radius 2 is 2.09 bits per heavy atom. The summed E-state index contributed by atoms with van der Waals surface area (Å²) < 4.78 is 10.9. The number of para-hydroxylation sites is 1. The number of carbonyl (C=O) groups is 1. The van der Waals surface area contributed by atoms with Crippen molar-refractivity contribution >= 4 is 14.3 Å². The van der Waals surface area contributed by atoms with Crippen LogP contribution in [0.25, 0.3) is 0 Å². The van der Waals surface area contributed by atoms with E-state index in [9.17, 15) is 4.79 Å². The molecule has 1 aliphatic rings. The Morgan fingerprint density at radius 1 is 1.27 bits per heavy atom. The first-order valence-electron chi connectivity index (χ1n) is 7.12. The lowest BCUT2D eigenvalue weighted by atomic mass is 10.2. The fraction of sp³-hybridized carbons (Fsp3) is 0.235. The van der Waals surface area contributed by atoms with Crippen LogP contribution in [0.15, 0.2) is 66.3 Å². The first-order chi connectivity index (χ1) is 10.7. The monoisotopic (exact) mass is 317 g/mol. The van der Waals surface area contributed by atoms with Gasteiger partial charge in [-0.3, -0.25) is 9.88 Å². The summed E-state index contributed by atoms with van der Waals surface area (Å²) in [7, 11) is -0.909. The predicted octanol–water partition coefficient (Wildman–Crippen LogP) is 3.58. The molecule has 1 aromatic rings. The lowest BCUT2D eigenvalue weighted by Gasteiger charge is -2.14. The summed E-state index contributed by atoms with van der Waals surface area (Å²) in [4.78, 5) is 11.7. The maximum Gasteiger partial charge on any atom is 0.320 e. The maximum atomic E-state index is 11.7. The molecule has 1 N–H and O–H groups in total. The fourth-order valence-electron chi connectivity index (χ4n) is 1.78. The van der Waals surface area contributed by atoms with E-state index in [1.807, 2.05) is 61.3 Å². The van der Waals surface area contributed by atoms with Crippen molar-refractivity contribution in [1.82, 2.24) is 5.09 Å². The topological polar surface area (TPSA) is 47.6 Å². The third-order valence-corrected chi connectivity index (χ3v) is 3.97. The van der Waals surface area contributed by atoms with Crippen LogP contribution in [0.4, 0.5) is 0 Å². The average molecular weight is 317 g/mol. The van der Waals surface area contributed by atoms with Crippen LogP contribution in [0.2, 0.25) is 0 Å². The van der Waals surface area contributed by atoms with E-state index in [1.165, 1.54) is 0 Å². The third kappa shape index (κ3) is 6.25. The van der Waals surface area contributed by atoms with Crippen LogP contribution in [0, 0.1) is 0 Å². The van der Waals surface area contributed by atoms with Crippen LogP contribution >= 0.6 is 8.30 Å². The van der Waals surface area contributed by atoms with Crippen molar-refractivity contribution in [3.8, 4) is 5.75 Å². The van der Waals surface area contributed by atoms with E-state index in [0.717, 1.165) is 17.7 Å². The van der Waals surface area contributed by atoms with Gasteiger partial charge in [0.2, 0.25) is 0 Å². The number of allylic oxidation sites excluding steroid dienone is 4. The van der Waals surface area contributed by atoms with E-state index in [4.69, 9.17) is 9.26 Å². The molecular weight excluding hydrogens is 297 g/mol.